The summed E-state index contributed by atoms with van der Waals surface area (Å²) in [5.74, 6) is 0.916. The average molecular weight is 326 g/mol. The van der Waals surface area contributed by atoms with Crippen LogP contribution in [0.2, 0.25) is 0 Å². The van der Waals surface area contributed by atoms with Crippen molar-refractivity contribution < 1.29 is 24.6 Å². The van der Waals surface area contributed by atoms with E-state index in [0.29, 0.717) is 24.4 Å². The van der Waals surface area contributed by atoms with E-state index in [1.54, 1.807) is 12.1 Å². The summed E-state index contributed by atoms with van der Waals surface area (Å²) in [5, 5.41) is 0.960. The second-order valence-corrected chi connectivity index (χ2v) is 4.95. The van der Waals surface area contributed by atoms with Gasteiger partial charge in [-0.15, -0.1) is 6.58 Å². The number of carbonyl (C=O) groups is 1. The van der Waals surface area contributed by atoms with E-state index in [1.807, 2.05) is 12.1 Å². The van der Waals surface area contributed by atoms with Gasteiger partial charge in [-0.05, 0) is 6.07 Å². The molecule has 22 heavy (non-hydrogen) atoms. The van der Waals surface area contributed by atoms with E-state index in [9.17, 15) is 4.79 Å². The highest BCUT2D eigenvalue weighted by Gasteiger charge is 2.17. The summed E-state index contributed by atoms with van der Waals surface area (Å²) in [4.78, 5) is 11.2. The number of fused-ring (bicyclic) bond motifs is 1. The van der Waals surface area contributed by atoms with Gasteiger partial charge in [-0.3, -0.25) is 0 Å². The molecule has 0 amide bonds. The summed E-state index contributed by atoms with van der Waals surface area (Å²) in [7, 11) is 3.56. The van der Waals surface area contributed by atoms with Gasteiger partial charge in [-0.1, -0.05) is 18.2 Å². The maximum Gasteiger partial charge on any atom is 0.343 e. The summed E-state index contributed by atoms with van der Waals surface area (Å²) in [6.45, 7) is 4.16. The van der Waals surface area contributed by atoms with Crippen LogP contribution in [0.5, 0.6) is 5.75 Å². The molecule has 0 aliphatic rings. The first-order valence-electron chi connectivity index (χ1n) is 6.86. The highest BCUT2D eigenvalue weighted by Crippen LogP contribution is 2.33. The van der Waals surface area contributed by atoms with Gasteiger partial charge in [0.2, 0.25) is 0 Å². The molecule has 1 aromatic carbocycles. The Morgan fingerprint density at radius 3 is 3.00 bits per heavy atom. The van der Waals surface area contributed by atoms with Crippen LogP contribution < -0.4 is 4.74 Å². The standard InChI is InChI=1S/C16H19O5P.H2/c1-3-5-13-11(8-9-20-22)12-6-4-7-14(16(12)21-13)19-10-15(17)18-2;/h3-4,6-7H,1,5,8-10,22H2,2H3;1H/i;1+2. The first-order chi connectivity index (χ1) is 10.7. The number of hydrogen-bond acceptors (Lipinski definition) is 5. The average Bonchev–Trinajstić information content (AvgIpc) is 2.88. The van der Waals surface area contributed by atoms with E-state index < -0.39 is 5.97 Å². The molecule has 0 N–H and O–H groups in total. The Hall–Kier alpha value is -1.84. The topological polar surface area (TPSA) is 57.9 Å². The molecule has 5 nitrogen and oxygen atoms in total. The smallest absolute Gasteiger partial charge is 0.343 e. The Morgan fingerprint density at radius 1 is 1.50 bits per heavy atom. The van der Waals surface area contributed by atoms with Gasteiger partial charge in [0.15, 0.2) is 17.9 Å². The molecule has 0 bridgehead atoms. The van der Waals surface area contributed by atoms with Crippen LogP contribution in [0.4, 0.5) is 0 Å². The number of ether oxygens (including phenoxy) is 2. The summed E-state index contributed by atoms with van der Waals surface area (Å²) < 4.78 is 21.1. The lowest BCUT2D eigenvalue weighted by Crippen LogP contribution is -2.12. The summed E-state index contributed by atoms with van der Waals surface area (Å²) >= 11 is 0. The van der Waals surface area contributed by atoms with Gasteiger partial charge in [-0.25, -0.2) is 4.79 Å². The van der Waals surface area contributed by atoms with Gasteiger partial charge in [0.05, 0.1) is 13.7 Å². The number of methoxy groups -OCH3 is 1. The third kappa shape index (κ3) is 3.67. The van der Waals surface area contributed by atoms with Crippen molar-refractivity contribution in [2.45, 2.75) is 12.8 Å². The Kier molecular flexibility index (Phi) is 5.99. The largest absolute Gasteiger partial charge is 0.478 e. The molecule has 0 spiro atoms. The molecular weight excluding hydrogens is 303 g/mol. The highest BCUT2D eigenvalue weighted by molar-refractivity contribution is 7.09. The zero-order chi connectivity index (χ0) is 15.9. The maximum absolute atomic E-state index is 11.2. The van der Waals surface area contributed by atoms with Crippen LogP contribution in [0.15, 0.2) is 35.3 Å². The highest BCUT2D eigenvalue weighted by atomic mass is 31.0. The first-order valence-corrected chi connectivity index (χ1v) is 7.33. The molecule has 0 fully saturated rings. The number of carbonyl (C=O) groups excluding carboxylic acids is 1. The molecular formula is C16H21O5P. The van der Waals surface area contributed by atoms with E-state index in [0.717, 1.165) is 23.1 Å². The molecule has 1 aromatic heterocycles. The van der Waals surface area contributed by atoms with Gasteiger partial charge < -0.3 is 18.4 Å². The zero-order valence-corrected chi connectivity index (χ0v) is 13.6. The lowest BCUT2D eigenvalue weighted by atomic mass is 10.1. The van der Waals surface area contributed by atoms with Crippen LogP contribution in [0, 0.1) is 0 Å². The van der Waals surface area contributed by atoms with Gasteiger partial charge in [0.25, 0.3) is 0 Å². The molecule has 0 saturated carbocycles. The number of para-hydroxylation sites is 1. The van der Waals surface area contributed by atoms with Crippen molar-refractivity contribution >= 4 is 26.4 Å². The molecule has 1 atom stereocenters. The SMILES string of the molecule is C=CCc1oc2c(OCC(=O)OC)cccc2c1CCOP.[3HH]. The second-order valence-electron chi connectivity index (χ2n) is 4.62. The third-order valence-electron chi connectivity index (χ3n) is 3.24. The maximum atomic E-state index is 11.2. The second kappa shape index (κ2) is 7.97. The number of benzene rings is 1. The van der Waals surface area contributed by atoms with E-state index in [-0.39, 0.29) is 8.03 Å². The fraction of sp³-hybridized carbons (Fsp3) is 0.312. The lowest BCUT2D eigenvalue weighted by molar-refractivity contribution is -0.142. The lowest BCUT2D eigenvalue weighted by Gasteiger charge is -2.05. The molecule has 0 radical (unpaired) electrons. The first kappa shape index (κ1) is 16.5. The van der Waals surface area contributed by atoms with E-state index >= 15 is 0 Å². The number of rotatable bonds is 8. The van der Waals surface area contributed by atoms with Crippen LogP contribution in [0.3, 0.4) is 0 Å². The predicted molar refractivity (Wildman–Crippen MR) is 89.1 cm³/mol. The molecule has 0 aliphatic heterocycles. The summed E-state index contributed by atoms with van der Waals surface area (Å²) in [6, 6.07) is 5.60. The van der Waals surface area contributed by atoms with Gasteiger partial charge >= 0.3 is 5.97 Å². The Morgan fingerprint density at radius 2 is 2.32 bits per heavy atom. The third-order valence-corrected chi connectivity index (χ3v) is 3.47. The van der Waals surface area contributed by atoms with Crippen LogP contribution in [-0.4, -0.2) is 26.3 Å². The van der Waals surface area contributed by atoms with Crippen molar-refractivity contribution in [1.29, 1.82) is 0 Å². The van der Waals surface area contributed by atoms with Crippen molar-refractivity contribution in [3.05, 3.63) is 42.2 Å². The van der Waals surface area contributed by atoms with Crippen LogP contribution in [0.25, 0.3) is 11.0 Å². The Bertz CT molecular complexity index is 668. The molecule has 1 unspecified atom stereocenters. The fourth-order valence-corrected chi connectivity index (χ4v) is 2.35. The van der Waals surface area contributed by atoms with Crippen molar-refractivity contribution in [2.75, 3.05) is 20.3 Å². The molecule has 2 rings (SSSR count). The van der Waals surface area contributed by atoms with Crippen LogP contribution in [0.1, 0.15) is 12.8 Å². The summed E-state index contributed by atoms with van der Waals surface area (Å²) in [6.07, 6.45) is 3.13. The van der Waals surface area contributed by atoms with Crippen molar-refractivity contribution in [3.8, 4) is 5.75 Å². The minimum Gasteiger partial charge on any atom is -0.478 e. The van der Waals surface area contributed by atoms with Crippen molar-refractivity contribution in [3.63, 3.8) is 0 Å². The van der Waals surface area contributed by atoms with E-state index in [1.165, 1.54) is 7.11 Å². The molecule has 0 aliphatic carbocycles. The van der Waals surface area contributed by atoms with Crippen LogP contribution >= 0.6 is 9.47 Å². The van der Waals surface area contributed by atoms with E-state index in [4.69, 9.17) is 13.7 Å². The fourth-order valence-electron chi connectivity index (χ4n) is 2.23. The molecule has 2 aromatic rings. The minimum atomic E-state index is -0.438. The number of allylic oxidation sites excluding steroid dienone is 1. The van der Waals surface area contributed by atoms with Gasteiger partial charge in [0.1, 0.15) is 5.76 Å². The van der Waals surface area contributed by atoms with Gasteiger partial charge in [-0.2, -0.15) is 0 Å². The molecule has 6 heteroatoms. The predicted octanol–water partition coefficient (Wildman–Crippen LogP) is 3.31. The normalized spacial score (nSPS) is 10.6. The molecule has 1 heterocycles. The molecule has 120 valence electrons. The Balaban J connectivity index is 0.00000264. The van der Waals surface area contributed by atoms with Crippen molar-refractivity contribution in [1.82, 2.24) is 0 Å². The minimum absolute atomic E-state index is 0. The van der Waals surface area contributed by atoms with Crippen molar-refractivity contribution in [2.24, 2.45) is 0 Å². The van der Waals surface area contributed by atoms with Gasteiger partial charge in [0, 0.05) is 34.7 Å². The van der Waals surface area contributed by atoms with E-state index in [2.05, 4.69) is 20.8 Å². The summed E-state index contributed by atoms with van der Waals surface area (Å²) in [5.41, 5.74) is 1.70. The number of furan rings is 1. The van der Waals surface area contributed by atoms with Crippen LogP contribution in [-0.2, 0) is 26.9 Å². The number of hydrogen-bond donors (Lipinski definition) is 0. The Labute approximate surface area is 133 Å². The quantitative estimate of drug-likeness (QED) is 0.423. The number of esters is 1. The zero-order valence-electron chi connectivity index (χ0n) is 12.5. The monoisotopic (exact) mass is 326 g/mol. The molecule has 0 saturated heterocycles.